The van der Waals surface area contributed by atoms with Gasteiger partial charge in [0.25, 0.3) is 0 Å². The van der Waals surface area contributed by atoms with Crippen molar-refractivity contribution in [2.45, 2.75) is 32.9 Å². The first kappa shape index (κ1) is 16.7. The molecule has 1 unspecified atom stereocenters. The van der Waals surface area contributed by atoms with E-state index in [2.05, 4.69) is 19.2 Å². The molecule has 0 aromatic heterocycles. The Labute approximate surface area is 112 Å². The molecule has 0 aromatic carbocycles. The van der Waals surface area contributed by atoms with Gasteiger partial charge in [-0.15, -0.1) is 0 Å². The second kappa shape index (κ2) is 7.45. The van der Waals surface area contributed by atoms with Crippen molar-refractivity contribution in [2.24, 2.45) is 11.3 Å². The maximum absolute atomic E-state index is 12.1. The van der Waals surface area contributed by atoms with E-state index in [0.29, 0.717) is 25.7 Å². The van der Waals surface area contributed by atoms with Crippen molar-refractivity contribution < 1.29 is 22.6 Å². The van der Waals surface area contributed by atoms with Crippen LogP contribution in [-0.2, 0) is 9.47 Å². The highest BCUT2D eigenvalue weighted by molar-refractivity contribution is 4.84. The topological polar surface area (TPSA) is 30.5 Å². The summed E-state index contributed by atoms with van der Waals surface area (Å²) in [4.78, 5) is 0. The van der Waals surface area contributed by atoms with E-state index >= 15 is 0 Å². The molecule has 1 rings (SSSR count). The van der Waals surface area contributed by atoms with Gasteiger partial charge < -0.3 is 14.8 Å². The Morgan fingerprint density at radius 3 is 2.63 bits per heavy atom. The highest BCUT2D eigenvalue weighted by Crippen LogP contribution is 2.29. The second-order valence-electron chi connectivity index (χ2n) is 5.79. The summed E-state index contributed by atoms with van der Waals surface area (Å²) in [5, 5.41) is 3.30. The first-order valence-corrected chi connectivity index (χ1v) is 6.76. The Kier molecular flexibility index (Phi) is 6.56. The van der Waals surface area contributed by atoms with Gasteiger partial charge in [-0.1, -0.05) is 13.8 Å². The quantitative estimate of drug-likeness (QED) is 0.779. The van der Waals surface area contributed by atoms with Crippen LogP contribution in [0.15, 0.2) is 0 Å². The highest BCUT2D eigenvalue weighted by Gasteiger charge is 2.35. The Bertz CT molecular complexity index is 251. The molecule has 3 nitrogen and oxygen atoms in total. The molecule has 0 radical (unpaired) electrons. The van der Waals surface area contributed by atoms with Crippen molar-refractivity contribution in [1.82, 2.24) is 5.32 Å². The van der Waals surface area contributed by atoms with Gasteiger partial charge in [-0.2, -0.15) is 13.2 Å². The van der Waals surface area contributed by atoms with E-state index in [1.807, 2.05) is 0 Å². The van der Waals surface area contributed by atoms with Crippen LogP contribution in [0.3, 0.4) is 0 Å². The van der Waals surface area contributed by atoms with E-state index in [9.17, 15) is 13.2 Å². The molecular weight excluding hydrogens is 259 g/mol. The molecule has 0 aliphatic carbocycles. The highest BCUT2D eigenvalue weighted by atomic mass is 19.4. The number of halogens is 3. The zero-order valence-electron chi connectivity index (χ0n) is 11.7. The third kappa shape index (κ3) is 7.13. The molecule has 0 amide bonds. The lowest BCUT2D eigenvalue weighted by molar-refractivity contribution is -0.185. The predicted octanol–water partition coefficient (Wildman–Crippen LogP) is 2.61. The Morgan fingerprint density at radius 1 is 1.37 bits per heavy atom. The second-order valence-corrected chi connectivity index (χ2v) is 5.79. The third-order valence-electron chi connectivity index (χ3n) is 3.13. The third-order valence-corrected chi connectivity index (χ3v) is 3.13. The molecule has 1 fully saturated rings. The summed E-state index contributed by atoms with van der Waals surface area (Å²) in [6, 6.07) is 0. The fourth-order valence-electron chi connectivity index (χ4n) is 2.22. The predicted molar refractivity (Wildman–Crippen MR) is 67.1 cm³/mol. The summed E-state index contributed by atoms with van der Waals surface area (Å²) in [7, 11) is 0. The largest absolute Gasteiger partial charge is 0.411 e. The Morgan fingerprint density at radius 2 is 2.11 bits per heavy atom. The minimum atomic E-state index is -4.26. The number of nitrogens with one attached hydrogen (secondary N) is 1. The fourth-order valence-corrected chi connectivity index (χ4v) is 2.22. The van der Waals surface area contributed by atoms with E-state index < -0.39 is 12.8 Å². The molecule has 0 saturated carbocycles. The molecule has 6 heteroatoms. The van der Waals surface area contributed by atoms with Crippen molar-refractivity contribution in [1.29, 1.82) is 0 Å². The molecule has 1 N–H and O–H groups in total. The van der Waals surface area contributed by atoms with Crippen LogP contribution in [0, 0.1) is 11.3 Å². The van der Waals surface area contributed by atoms with Crippen LogP contribution in [-0.4, -0.2) is 45.7 Å². The van der Waals surface area contributed by atoms with Crippen molar-refractivity contribution in [3.05, 3.63) is 0 Å². The van der Waals surface area contributed by atoms with Crippen molar-refractivity contribution in [3.63, 3.8) is 0 Å². The molecule has 114 valence electrons. The summed E-state index contributed by atoms with van der Waals surface area (Å²) in [6.07, 6.45) is -2.54. The lowest BCUT2D eigenvalue weighted by atomic mass is 9.83. The lowest BCUT2D eigenvalue weighted by Gasteiger charge is -2.37. The summed E-state index contributed by atoms with van der Waals surface area (Å²) in [5.74, 6) is 0.512. The van der Waals surface area contributed by atoms with E-state index in [4.69, 9.17) is 9.47 Å². The molecule has 0 spiro atoms. The summed E-state index contributed by atoms with van der Waals surface area (Å²) in [6.45, 7) is 5.75. The van der Waals surface area contributed by atoms with Crippen LogP contribution in [0.5, 0.6) is 0 Å². The zero-order valence-corrected chi connectivity index (χ0v) is 11.7. The molecule has 0 bridgehead atoms. The Hall–Kier alpha value is -0.330. The number of alkyl halides is 3. The fraction of sp³-hybridized carbons (Fsp3) is 1.00. The smallest absolute Gasteiger partial charge is 0.381 e. The summed E-state index contributed by atoms with van der Waals surface area (Å²) in [5.41, 5.74) is -0.321. The first-order chi connectivity index (χ1) is 8.83. The molecule has 1 aliphatic heterocycles. The molecule has 19 heavy (non-hydrogen) atoms. The number of hydrogen-bond donors (Lipinski definition) is 1. The maximum atomic E-state index is 12.1. The van der Waals surface area contributed by atoms with Gasteiger partial charge in [0.2, 0.25) is 0 Å². The first-order valence-electron chi connectivity index (χ1n) is 6.76. The number of hydrogen-bond acceptors (Lipinski definition) is 3. The van der Waals surface area contributed by atoms with Gasteiger partial charge >= 0.3 is 6.18 Å². The average Bonchev–Trinajstić information content (AvgIpc) is 2.28. The standard InChI is InChI=1S/C13H24F3NO2/c1-11(2)6-17-7-12(4-3-5-18-8-12)9-19-10-13(14,15)16/h11,17H,3-10H2,1-2H3. The normalized spacial score (nSPS) is 24.9. The Balaban J connectivity index is 2.40. The van der Waals surface area contributed by atoms with Crippen LogP contribution >= 0.6 is 0 Å². The van der Waals surface area contributed by atoms with Crippen LogP contribution in [0.1, 0.15) is 26.7 Å². The molecule has 1 heterocycles. The van der Waals surface area contributed by atoms with E-state index in [1.165, 1.54) is 0 Å². The molecule has 1 aliphatic rings. The van der Waals surface area contributed by atoms with Crippen molar-refractivity contribution >= 4 is 0 Å². The van der Waals surface area contributed by atoms with E-state index in [-0.39, 0.29) is 12.0 Å². The molecule has 1 atom stereocenters. The van der Waals surface area contributed by atoms with Crippen molar-refractivity contribution in [2.75, 3.05) is 39.5 Å². The SMILES string of the molecule is CC(C)CNCC1(COCC(F)(F)F)CCCOC1. The molecular formula is C13H24F3NO2. The van der Waals surface area contributed by atoms with Crippen LogP contribution in [0.25, 0.3) is 0 Å². The van der Waals surface area contributed by atoms with E-state index in [1.54, 1.807) is 0 Å². The van der Waals surface area contributed by atoms with Gasteiger partial charge in [-0.05, 0) is 25.3 Å². The minimum Gasteiger partial charge on any atom is -0.381 e. The minimum absolute atomic E-state index is 0.0948. The lowest BCUT2D eigenvalue weighted by Crippen LogP contribution is -2.45. The number of ether oxygens (including phenoxy) is 2. The summed E-state index contributed by atoms with van der Waals surface area (Å²) < 4.78 is 46.6. The zero-order chi connectivity index (χ0) is 14.4. The summed E-state index contributed by atoms with van der Waals surface area (Å²) >= 11 is 0. The van der Waals surface area contributed by atoms with Gasteiger partial charge in [0, 0.05) is 18.6 Å². The monoisotopic (exact) mass is 283 g/mol. The van der Waals surface area contributed by atoms with Crippen molar-refractivity contribution in [3.8, 4) is 0 Å². The van der Waals surface area contributed by atoms with Gasteiger partial charge in [0.1, 0.15) is 6.61 Å². The van der Waals surface area contributed by atoms with Gasteiger partial charge in [0.05, 0.1) is 13.2 Å². The number of rotatable bonds is 7. The molecule has 0 aromatic rings. The van der Waals surface area contributed by atoms with Crippen LogP contribution < -0.4 is 5.32 Å². The van der Waals surface area contributed by atoms with Gasteiger partial charge in [-0.3, -0.25) is 0 Å². The van der Waals surface area contributed by atoms with Gasteiger partial charge in [-0.25, -0.2) is 0 Å². The van der Waals surface area contributed by atoms with Gasteiger partial charge in [0.15, 0.2) is 0 Å². The average molecular weight is 283 g/mol. The molecule has 1 saturated heterocycles. The van der Waals surface area contributed by atoms with Crippen LogP contribution in [0.4, 0.5) is 13.2 Å². The van der Waals surface area contributed by atoms with E-state index in [0.717, 1.165) is 19.4 Å². The maximum Gasteiger partial charge on any atom is 0.411 e. The van der Waals surface area contributed by atoms with Crippen LogP contribution in [0.2, 0.25) is 0 Å².